The molecule has 36 heavy (non-hydrogen) atoms. The topological polar surface area (TPSA) is 97.8 Å². The van der Waals surface area contributed by atoms with Crippen molar-refractivity contribution in [1.82, 2.24) is 14.9 Å². The smallest absolute Gasteiger partial charge is 0.411 e. The third-order valence-electron chi connectivity index (χ3n) is 5.20. The van der Waals surface area contributed by atoms with E-state index in [1.807, 2.05) is 0 Å². The van der Waals surface area contributed by atoms with Gasteiger partial charge in [-0.3, -0.25) is 10.2 Å². The molecular formula is C23H23Cl3FN5O4. The zero-order chi connectivity index (χ0) is 25.5. The van der Waals surface area contributed by atoms with Crippen molar-refractivity contribution in [3.8, 4) is 5.75 Å². The van der Waals surface area contributed by atoms with Crippen LogP contribution in [0.3, 0.4) is 0 Å². The normalized spacial score (nSPS) is 14.4. The number of fused-ring (bicyclic) bond motifs is 1. The minimum Gasteiger partial charge on any atom is -0.492 e. The van der Waals surface area contributed by atoms with E-state index in [2.05, 4.69) is 25.5 Å². The molecule has 2 aromatic carbocycles. The maximum atomic E-state index is 15.0. The third-order valence-corrected chi connectivity index (χ3v) is 5.53. The first kappa shape index (κ1) is 26.4. The Balaban J connectivity index is 1.38. The number of nitrogens with zero attached hydrogens (tertiary/aromatic N) is 3. The van der Waals surface area contributed by atoms with Crippen LogP contribution in [0.15, 0.2) is 42.7 Å². The molecule has 2 N–H and O–H groups in total. The monoisotopic (exact) mass is 557 g/mol. The summed E-state index contributed by atoms with van der Waals surface area (Å²) in [6.45, 7) is 3.90. The fourth-order valence-corrected chi connectivity index (χ4v) is 3.65. The Labute approximate surface area is 221 Å². The van der Waals surface area contributed by atoms with Crippen LogP contribution >= 0.6 is 34.8 Å². The second kappa shape index (κ2) is 12.1. The molecule has 13 heteroatoms. The highest BCUT2D eigenvalue weighted by Gasteiger charge is 2.22. The summed E-state index contributed by atoms with van der Waals surface area (Å²) in [5.74, 6) is 0.182. The van der Waals surface area contributed by atoms with Gasteiger partial charge < -0.3 is 19.5 Å². The van der Waals surface area contributed by atoms with Crippen LogP contribution in [0, 0.1) is 5.82 Å². The summed E-state index contributed by atoms with van der Waals surface area (Å²) in [7, 11) is 0. The highest BCUT2D eigenvalue weighted by atomic mass is 35.6. The molecule has 0 bridgehead atoms. The van der Waals surface area contributed by atoms with Crippen molar-refractivity contribution in [2.45, 2.75) is 3.79 Å². The SMILES string of the molecule is O=C(Nc1ccc(Nc2ncnc3cc(OCCN4CCOCC4)cc(F)c23)cc1)OCC(Cl)(Cl)Cl. The van der Waals surface area contributed by atoms with Crippen molar-refractivity contribution in [3.63, 3.8) is 0 Å². The van der Waals surface area contributed by atoms with E-state index in [1.165, 1.54) is 12.4 Å². The van der Waals surface area contributed by atoms with Crippen LogP contribution in [0.25, 0.3) is 10.9 Å². The van der Waals surface area contributed by atoms with Crippen molar-refractivity contribution in [2.24, 2.45) is 0 Å². The number of morpholine rings is 1. The average Bonchev–Trinajstić information content (AvgIpc) is 2.84. The average molecular weight is 559 g/mol. The Morgan fingerprint density at radius 3 is 2.56 bits per heavy atom. The summed E-state index contributed by atoms with van der Waals surface area (Å²) in [5, 5.41) is 5.82. The summed E-state index contributed by atoms with van der Waals surface area (Å²) in [4.78, 5) is 22.4. The molecule has 0 saturated carbocycles. The molecule has 3 aromatic rings. The van der Waals surface area contributed by atoms with Gasteiger partial charge in [0.25, 0.3) is 0 Å². The largest absolute Gasteiger partial charge is 0.492 e. The van der Waals surface area contributed by atoms with Gasteiger partial charge in [-0.25, -0.2) is 19.2 Å². The number of carbonyl (C=O) groups is 1. The minimum absolute atomic E-state index is 0.232. The zero-order valence-corrected chi connectivity index (χ0v) is 21.2. The Hall–Kier alpha value is -2.63. The number of carbonyl (C=O) groups excluding carboxylic acids is 1. The maximum absolute atomic E-state index is 15.0. The van der Waals surface area contributed by atoms with E-state index in [1.54, 1.807) is 30.3 Å². The lowest BCUT2D eigenvalue weighted by Crippen LogP contribution is -2.38. The van der Waals surface area contributed by atoms with E-state index >= 15 is 4.39 Å². The number of amides is 1. The van der Waals surface area contributed by atoms with Crippen LogP contribution < -0.4 is 15.4 Å². The first-order valence-electron chi connectivity index (χ1n) is 11.0. The van der Waals surface area contributed by atoms with Gasteiger partial charge in [0, 0.05) is 43.1 Å². The highest BCUT2D eigenvalue weighted by molar-refractivity contribution is 6.67. The lowest BCUT2D eigenvalue weighted by atomic mass is 10.2. The highest BCUT2D eigenvalue weighted by Crippen LogP contribution is 2.30. The predicted molar refractivity (Wildman–Crippen MR) is 137 cm³/mol. The Morgan fingerprint density at radius 1 is 1.11 bits per heavy atom. The van der Waals surface area contributed by atoms with E-state index in [0.717, 1.165) is 19.6 Å². The second-order valence-electron chi connectivity index (χ2n) is 7.84. The molecule has 1 amide bonds. The number of aromatic nitrogens is 2. The quantitative estimate of drug-likeness (QED) is 0.367. The Bertz CT molecular complexity index is 1190. The van der Waals surface area contributed by atoms with Crippen LogP contribution in [0.4, 0.5) is 26.4 Å². The Morgan fingerprint density at radius 2 is 1.83 bits per heavy atom. The van der Waals surface area contributed by atoms with Crippen LogP contribution in [0.5, 0.6) is 5.75 Å². The first-order valence-corrected chi connectivity index (χ1v) is 12.1. The molecule has 0 atom stereocenters. The minimum atomic E-state index is -1.70. The number of rotatable bonds is 8. The molecule has 0 radical (unpaired) electrons. The van der Waals surface area contributed by atoms with Crippen LogP contribution in [-0.2, 0) is 9.47 Å². The van der Waals surface area contributed by atoms with Gasteiger partial charge in [-0.15, -0.1) is 0 Å². The zero-order valence-electron chi connectivity index (χ0n) is 19.0. The molecule has 1 aliphatic rings. The number of anilines is 3. The molecule has 0 unspecified atom stereocenters. The molecule has 9 nitrogen and oxygen atoms in total. The van der Waals surface area contributed by atoms with Crippen molar-refractivity contribution in [2.75, 3.05) is 56.7 Å². The van der Waals surface area contributed by atoms with Gasteiger partial charge in [-0.1, -0.05) is 34.8 Å². The number of hydrogen-bond donors (Lipinski definition) is 2. The lowest BCUT2D eigenvalue weighted by molar-refractivity contribution is 0.0322. The number of ether oxygens (including phenoxy) is 3. The fraction of sp³-hybridized carbons (Fsp3) is 0.348. The van der Waals surface area contributed by atoms with E-state index in [9.17, 15) is 4.79 Å². The lowest BCUT2D eigenvalue weighted by Gasteiger charge is -2.26. The predicted octanol–water partition coefficient (Wildman–Crippen LogP) is 5.14. The van der Waals surface area contributed by atoms with E-state index in [0.29, 0.717) is 48.3 Å². The van der Waals surface area contributed by atoms with E-state index < -0.39 is 22.3 Å². The van der Waals surface area contributed by atoms with Crippen molar-refractivity contribution in [3.05, 3.63) is 48.5 Å². The molecule has 1 aliphatic heterocycles. The molecule has 192 valence electrons. The standard InChI is InChI=1S/C23H23Cl3FN5O4/c24-23(25,26)13-36-22(33)31-16-3-1-15(2-4-16)30-21-20-18(27)11-17(12-19(20)28-14-29-21)35-10-7-32-5-8-34-9-6-32/h1-4,11-12,14H,5-10,13H2,(H,31,33)(H,28,29,30). The van der Waals surface area contributed by atoms with Crippen LogP contribution in [-0.4, -0.2) is 70.8 Å². The second-order valence-corrected chi connectivity index (χ2v) is 10.4. The van der Waals surface area contributed by atoms with E-state index in [-0.39, 0.29) is 5.39 Å². The molecule has 0 spiro atoms. The van der Waals surface area contributed by atoms with Gasteiger partial charge in [0.1, 0.15) is 36.9 Å². The maximum Gasteiger partial charge on any atom is 0.411 e. The van der Waals surface area contributed by atoms with Crippen LogP contribution in [0.2, 0.25) is 0 Å². The van der Waals surface area contributed by atoms with Gasteiger partial charge in [0.2, 0.25) is 3.79 Å². The fourth-order valence-electron chi connectivity index (χ4n) is 3.49. The van der Waals surface area contributed by atoms with Gasteiger partial charge in [-0.2, -0.15) is 0 Å². The summed E-state index contributed by atoms with van der Waals surface area (Å²) in [6, 6.07) is 9.61. The molecule has 1 aromatic heterocycles. The van der Waals surface area contributed by atoms with E-state index in [4.69, 9.17) is 49.0 Å². The number of hydrogen-bond acceptors (Lipinski definition) is 8. The summed E-state index contributed by atoms with van der Waals surface area (Å²) in [5.41, 5.74) is 1.47. The first-order chi connectivity index (χ1) is 17.3. The molecule has 1 fully saturated rings. The number of alkyl halides is 3. The van der Waals surface area contributed by atoms with Gasteiger partial charge in [0.05, 0.1) is 24.1 Å². The Kier molecular flexibility index (Phi) is 8.86. The van der Waals surface area contributed by atoms with Crippen molar-refractivity contribution in [1.29, 1.82) is 0 Å². The van der Waals surface area contributed by atoms with Gasteiger partial charge >= 0.3 is 6.09 Å². The van der Waals surface area contributed by atoms with Gasteiger partial charge in [0.15, 0.2) is 0 Å². The number of benzene rings is 2. The summed E-state index contributed by atoms with van der Waals surface area (Å²) >= 11 is 16.7. The third kappa shape index (κ3) is 7.68. The van der Waals surface area contributed by atoms with Gasteiger partial charge in [-0.05, 0) is 24.3 Å². The molecule has 2 heterocycles. The van der Waals surface area contributed by atoms with Crippen molar-refractivity contribution < 1.29 is 23.4 Å². The molecule has 4 rings (SSSR count). The molecule has 1 saturated heterocycles. The summed E-state index contributed by atoms with van der Waals surface area (Å²) in [6.07, 6.45) is 0.576. The number of nitrogens with one attached hydrogen (secondary N) is 2. The van der Waals surface area contributed by atoms with Crippen molar-refractivity contribution >= 4 is 69.0 Å². The molecule has 0 aliphatic carbocycles. The number of halogens is 4. The summed E-state index contributed by atoms with van der Waals surface area (Å²) < 4.78 is 29.3. The van der Waals surface area contributed by atoms with Crippen LogP contribution in [0.1, 0.15) is 0 Å². The molecular weight excluding hydrogens is 536 g/mol.